The zero-order valence-electron chi connectivity index (χ0n) is 14.7. The van der Waals surface area contributed by atoms with Gasteiger partial charge in [0.15, 0.2) is 6.10 Å². The molecule has 1 fully saturated rings. The molecule has 0 unspecified atom stereocenters. The normalized spacial score (nSPS) is 17.2. The van der Waals surface area contributed by atoms with E-state index in [4.69, 9.17) is 4.74 Å². The molecule has 4 rings (SSSR count). The predicted octanol–water partition coefficient (Wildman–Crippen LogP) is 2.62. The lowest BCUT2D eigenvalue weighted by Gasteiger charge is -2.31. The minimum absolute atomic E-state index is 0.0566. The van der Waals surface area contributed by atoms with Crippen LogP contribution in [0.25, 0.3) is 10.9 Å². The van der Waals surface area contributed by atoms with E-state index in [1.807, 2.05) is 65.2 Å². The number of amides is 1. The van der Waals surface area contributed by atoms with E-state index in [1.165, 1.54) is 0 Å². The fraction of sp³-hybridized carbons (Fsp3) is 0.238. The number of morpholine rings is 1. The molecule has 3 aromatic rings. The summed E-state index contributed by atoms with van der Waals surface area (Å²) in [6.07, 6.45) is -0.977. The summed E-state index contributed by atoms with van der Waals surface area (Å²) in [6.45, 7) is 1.24. The molecule has 2 aromatic carbocycles. The number of carboxylic acids is 1. The van der Waals surface area contributed by atoms with Gasteiger partial charge in [-0.3, -0.25) is 4.79 Å². The molecule has 1 aliphatic rings. The van der Waals surface area contributed by atoms with Gasteiger partial charge in [0.25, 0.3) is 5.91 Å². The summed E-state index contributed by atoms with van der Waals surface area (Å²) in [4.78, 5) is 26.0. The lowest BCUT2D eigenvalue weighted by molar-refractivity contribution is -0.154. The maximum absolute atomic E-state index is 13.2. The van der Waals surface area contributed by atoms with Crippen molar-refractivity contribution in [3.05, 3.63) is 71.9 Å². The highest BCUT2D eigenvalue weighted by molar-refractivity contribution is 5.99. The number of carboxylic acid groups (broad SMARTS) is 1. The van der Waals surface area contributed by atoms with Crippen LogP contribution in [0.15, 0.2) is 60.7 Å². The minimum atomic E-state index is -1.04. The summed E-state index contributed by atoms with van der Waals surface area (Å²) in [5.74, 6) is -1.21. The van der Waals surface area contributed by atoms with E-state index < -0.39 is 12.1 Å². The Kier molecular flexibility index (Phi) is 4.64. The van der Waals surface area contributed by atoms with E-state index in [0.717, 1.165) is 16.5 Å². The standard InChI is InChI=1S/C21H20N2O4/c24-20(22-10-11-27-19(14-22)21(25)26)18-12-16-8-4-5-9-17(16)23(18)13-15-6-2-1-3-7-15/h1-9,12,19H,10-11,13-14H2,(H,25,26)/t19-/m0/s1. The maximum atomic E-state index is 13.2. The highest BCUT2D eigenvalue weighted by Crippen LogP contribution is 2.23. The number of ether oxygens (including phenoxy) is 1. The quantitative estimate of drug-likeness (QED) is 0.772. The van der Waals surface area contributed by atoms with Gasteiger partial charge < -0.3 is 19.3 Å². The van der Waals surface area contributed by atoms with E-state index in [9.17, 15) is 14.7 Å². The van der Waals surface area contributed by atoms with Gasteiger partial charge in [-0.05, 0) is 17.7 Å². The van der Waals surface area contributed by atoms with Crippen LogP contribution in [-0.4, -0.2) is 52.3 Å². The molecule has 1 atom stereocenters. The van der Waals surface area contributed by atoms with E-state index in [1.54, 1.807) is 4.90 Å². The van der Waals surface area contributed by atoms with E-state index in [0.29, 0.717) is 18.8 Å². The molecule has 6 heteroatoms. The summed E-state index contributed by atoms with van der Waals surface area (Å²) in [6, 6.07) is 19.7. The second kappa shape index (κ2) is 7.25. The van der Waals surface area contributed by atoms with Gasteiger partial charge in [-0.2, -0.15) is 0 Å². The number of hydrogen-bond donors (Lipinski definition) is 1. The first-order valence-electron chi connectivity index (χ1n) is 8.89. The number of fused-ring (bicyclic) bond motifs is 1. The molecule has 0 spiro atoms. The van der Waals surface area contributed by atoms with Crippen molar-refractivity contribution < 1.29 is 19.4 Å². The van der Waals surface area contributed by atoms with Crippen LogP contribution < -0.4 is 0 Å². The Hall–Kier alpha value is -3.12. The van der Waals surface area contributed by atoms with Crippen LogP contribution in [0.2, 0.25) is 0 Å². The zero-order valence-corrected chi connectivity index (χ0v) is 14.7. The third-order valence-corrected chi connectivity index (χ3v) is 4.84. The van der Waals surface area contributed by atoms with Crippen LogP contribution in [0.3, 0.4) is 0 Å². The number of benzene rings is 2. The van der Waals surface area contributed by atoms with Crippen molar-refractivity contribution >= 4 is 22.8 Å². The van der Waals surface area contributed by atoms with Crippen molar-refractivity contribution in [2.24, 2.45) is 0 Å². The lowest BCUT2D eigenvalue weighted by atomic mass is 10.2. The molecule has 1 aromatic heterocycles. The zero-order chi connectivity index (χ0) is 18.8. The van der Waals surface area contributed by atoms with Crippen molar-refractivity contribution in [3.8, 4) is 0 Å². The summed E-state index contributed by atoms with van der Waals surface area (Å²) in [7, 11) is 0. The molecule has 27 heavy (non-hydrogen) atoms. The first-order valence-corrected chi connectivity index (χ1v) is 8.89. The van der Waals surface area contributed by atoms with E-state index >= 15 is 0 Å². The average molecular weight is 364 g/mol. The first-order chi connectivity index (χ1) is 13.1. The first kappa shape index (κ1) is 17.3. The Balaban J connectivity index is 1.71. The number of carbonyl (C=O) groups is 2. The van der Waals surface area contributed by atoms with Crippen molar-refractivity contribution in [2.75, 3.05) is 19.7 Å². The van der Waals surface area contributed by atoms with Crippen molar-refractivity contribution in [3.63, 3.8) is 0 Å². The monoisotopic (exact) mass is 364 g/mol. The highest BCUT2D eigenvalue weighted by atomic mass is 16.5. The van der Waals surface area contributed by atoms with Crippen LogP contribution in [0.1, 0.15) is 16.1 Å². The molecular formula is C21H20N2O4. The Morgan fingerprint density at radius 3 is 2.59 bits per heavy atom. The molecule has 0 aliphatic carbocycles. The maximum Gasteiger partial charge on any atom is 0.334 e. The number of rotatable bonds is 4. The van der Waals surface area contributed by atoms with E-state index in [-0.39, 0.29) is 19.1 Å². The van der Waals surface area contributed by atoms with E-state index in [2.05, 4.69) is 0 Å². The van der Waals surface area contributed by atoms with Crippen LogP contribution in [0.4, 0.5) is 0 Å². The van der Waals surface area contributed by atoms with Crippen LogP contribution in [0.5, 0.6) is 0 Å². The van der Waals surface area contributed by atoms with Gasteiger partial charge in [-0.1, -0.05) is 48.5 Å². The highest BCUT2D eigenvalue weighted by Gasteiger charge is 2.31. The van der Waals surface area contributed by atoms with Crippen LogP contribution in [-0.2, 0) is 16.1 Å². The summed E-state index contributed by atoms with van der Waals surface area (Å²) in [5.41, 5.74) is 2.64. The van der Waals surface area contributed by atoms with Gasteiger partial charge >= 0.3 is 5.97 Å². The number of para-hydroxylation sites is 1. The topological polar surface area (TPSA) is 71.8 Å². The number of aliphatic carboxylic acids is 1. The fourth-order valence-corrected chi connectivity index (χ4v) is 3.47. The van der Waals surface area contributed by atoms with Gasteiger partial charge in [0.1, 0.15) is 5.69 Å². The molecule has 6 nitrogen and oxygen atoms in total. The Bertz CT molecular complexity index is 980. The summed E-state index contributed by atoms with van der Waals surface area (Å²) < 4.78 is 7.24. The SMILES string of the molecule is O=C(O)[C@@H]1CN(C(=O)c2cc3ccccc3n2Cc2ccccc2)CCO1. The molecule has 1 amide bonds. The molecule has 138 valence electrons. The van der Waals surface area contributed by atoms with Gasteiger partial charge in [0.2, 0.25) is 0 Å². The second-order valence-electron chi connectivity index (χ2n) is 6.61. The van der Waals surface area contributed by atoms with Gasteiger partial charge in [-0.15, -0.1) is 0 Å². The predicted molar refractivity (Wildman–Crippen MR) is 101 cm³/mol. The summed E-state index contributed by atoms with van der Waals surface area (Å²) in [5, 5.41) is 10.2. The van der Waals surface area contributed by atoms with Gasteiger partial charge in [0, 0.05) is 24.0 Å². The van der Waals surface area contributed by atoms with Crippen molar-refractivity contribution in [1.82, 2.24) is 9.47 Å². The molecule has 0 radical (unpaired) electrons. The molecular weight excluding hydrogens is 344 g/mol. The number of hydrogen-bond acceptors (Lipinski definition) is 3. The van der Waals surface area contributed by atoms with Crippen LogP contribution >= 0.6 is 0 Å². The molecule has 1 saturated heterocycles. The van der Waals surface area contributed by atoms with Crippen molar-refractivity contribution in [1.29, 1.82) is 0 Å². The second-order valence-corrected chi connectivity index (χ2v) is 6.61. The van der Waals surface area contributed by atoms with Gasteiger partial charge in [-0.25, -0.2) is 4.79 Å². The Morgan fingerprint density at radius 2 is 1.81 bits per heavy atom. The number of nitrogens with zero attached hydrogens (tertiary/aromatic N) is 2. The minimum Gasteiger partial charge on any atom is -0.479 e. The molecule has 0 saturated carbocycles. The largest absolute Gasteiger partial charge is 0.479 e. The third kappa shape index (κ3) is 3.44. The molecule has 1 aliphatic heterocycles. The van der Waals surface area contributed by atoms with Crippen molar-refractivity contribution in [2.45, 2.75) is 12.6 Å². The average Bonchev–Trinajstić information content (AvgIpc) is 3.07. The molecule has 2 heterocycles. The number of aromatic nitrogens is 1. The van der Waals surface area contributed by atoms with Gasteiger partial charge in [0.05, 0.1) is 13.2 Å². The lowest BCUT2D eigenvalue weighted by Crippen LogP contribution is -2.48. The Morgan fingerprint density at radius 1 is 1.07 bits per heavy atom. The smallest absolute Gasteiger partial charge is 0.334 e. The Labute approximate surface area is 156 Å². The van der Waals surface area contributed by atoms with Crippen LogP contribution in [0, 0.1) is 0 Å². The molecule has 1 N–H and O–H groups in total. The molecule has 0 bridgehead atoms. The third-order valence-electron chi connectivity index (χ3n) is 4.84. The number of carbonyl (C=O) groups excluding carboxylic acids is 1. The fourth-order valence-electron chi connectivity index (χ4n) is 3.47. The summed E-state index contributed by atoms with van der Waals surface area (Å²) >= 11 is 0.